The Balaban J connectivity index is 0.00000300. The van der Waals surface area contributed by atoms with E-state index < -0.39 is 0 Å². The van der Waals surface area contributed by atoms with Crippen molar-refractivity contribution in [3.05, 3.63) is 35.4 Å². The summed E-state index contributed by atoms with van der Waals surface area (Å²) >= 11 is 0. The van der Waals surface area contributed by atoms with Gasteiger partial charge in [0.15, 0.2) is 5.96 Å². The molecule has 1 aromatic rings. The highest BCUT2D eigenvalue weighted by molar-refractivity contribution is 14.0. The van der Waals surface area contributed by atoms with Crippen LogP contribution in [0.1, 0.15) is 63.5 Å². The Kier molecular flexibility index (Phi) is 10.7. The summed E-state index contributed by atoms with van der Waals surface area (Å²) < 4.78 is 0. The third-order valence-corrected chi connectivity index (χ3v) is 6.11. The Morgan fingerprint density at radius 3 is 2.28 bits per heavy atom. The van der Waals surface area contributed by atoms with Gasteiger partial charge in [-0.05, 0) is 75.6 Å². The van der Waals surface area contributed by atoms with E-state index in [-0.39, 0.29) is 30.1 Å². The molecule has 0 amide bonds. The highest BCUT2D eigenvalue weighted by atomic mass is 127. The average Bonchev–Trinajstić information content (AvgIpc) is 2.71. The molecule has 1 aliphatic carbocycles. The number of hydrogen-bond donors (Lipinski definition) is 3. The zero-order valence-electron chi connectivity index (χ0n) is 18.1. The van der Waals surface area contributed by atoms with Crippen LogP contribution in [0.25, 0.3) is 0 Å². The number of aliphatic hydroxyl groups is 1. The molecule has 0 aromatic heterocycles. The number of rotatable bonds is 6. The number of hydrogen-bond acceptors (Lipinski definition) is 3. The highest BCUT2D eigenvalue weighted by Gasteiger charge is 2.20. The number of likely N-dealkylation sites (tertiary alicyclic amines) is 1. The van der Waals surface area contributed by atoms with E-state index in [1.807, 2.05) is 0 Å². The van der Waals surface area contributed by atoms with Crippen molar-refractivity contribution >= 4 is 29.9 Å². The second-order valence-electron chi connectivity index (χ2n) is 8.62. The first kappa shape index (κ1) is 24.4. The predicted molar refractivity (Wildman–Crippen MR) is 132 cm³/mol. The average molecular weight is 514 g/mol. The van der Waals surface area contributed by atoms with E-state index in [4.69, 9.17) is 4.99 Å². The summed E-state index contributed by atoms with van der Waals surface area (Å²) in [5, 5.41) is 16.6. The van der Waals surface area contributed by atoms with Crippen LogP contribution in [0, 0.1) is 5.92 Å². The zero-order chi connectivity index (χ0) is 19.8. The third-order valence-electron chi connectivity index (χ3n) is 6.11. The number of aliphatic imine (C=N–C) groups is 1. The molecule has 0 spiro atoms. The molecule has 1 aromatic carbocycles. The Bertz CT molecular complexity index is 606. The van der Waals surface area contributed by atoms with Crippen LogP contribution >= 0.6 is 24.0 Å². The first-order chi connectivity index (χ1) is 13.6. The topological polar surface area (TPSA) is 59.9 Å². The monoisotopic (exact) mass is 514 g/mol. The largest absolute Gasteiger partial charge is 0.393 e. The molecule has 1 aliphatic heterocycles. The van der Waals surface area contributed by atoms with Crippen LogP contribution in [0.15, 0.2) is 29.3 Å². The molecule has 5 nitrogen and oxygen atoms in total. The summed E-state index contributed by atoms with van der Waals surface area (Å²) in [6, 6.07) is 9.35. The first-order valence-corrected chi connectivity index (χ1v) is 11.2. The van der Waals surface area contributed by atoms with Crippen molar-refractivity contribution in [2.45, 2.75) is 77.6 Å². The van der Waals surface area contributed by atoms with E-state index in [9.17, 15) is 5.11 Å². The van der Waals surface area contributed by atoms with Gasteiger partial charge in [0.25, 0.3) is 0 Å². The van der Waals surface area contributed by atoms with Crippen LogP contribution in [0.5, 0.6) is 0 Å². The summed E-state index contributed by atoms with van der Waals surface area (Å²) in [6.07, 6.45) is 6.32. The second kappa shape index (κ2) is 12.7. The van der Waals surface area contributed by atoms with Gasteiger partial charge in [0.1, 0.15) is 0 Å². The van der Waals surface area contributed by atoms with Gasteiger partial charge >= 0.3 is 0 Å². The minimum absolute atomic E-state index is 0. The lowest BCUT2D eigenvalue weighted by Crippen LogP contribution is -2.45. The summed E-state index contributed by atoms with van der Waals surface area (Å²) in [7, 11) is 0. The summed E-state index contributed by atoms with van der Waals surface area (Å²) in [5.41, 5.74) is 2.64. The maximum atomic E-state index is 9.68. The van der Waals surface area contributed by atoms with Crippen molar-refractivity contribution in [2.75, 3.05) is 19.6 Å². The quantitative estimate of drug-likeness (QED) is 0.306. The van der Waals surface area contributed by atoms with Crippen molar-refractivity contribution in [3.63, 3.8) is 0 Å². The molecule has 0 atom stereocenters. The van der Waals surface area contributed by atoms with Gasteiger partial charge in [0.05, 0.1) is 12.6 Å². The van der Waals surface area contributed by atoms with E-state index in [0.29, 0.717) is 12.6 Å². The molecule has 6 heteroatoms. The van der Waals surface area contributed by atoms with Gasteiger partial charge in [-0.2, -0.15) is 0 Å². The van der Waals surface area contributed by atoms with E-state index in [1.54, 1.807) is 0 Å². The fourth-order valence-electron chi connectivity index (χ4n) is 4.13. The van der Waals surface area contributed by atoms with Crippen molar-refractivity contribution in [1.82, 2.24) is 15.5 Å². The Labute approximate surface area is 193 Å². The zero-order valence-corrected chi connectivity index (χ0v) is 20.4. The molecule has 0 unspecified atom stereocenters. The predicted octanol–water partition coefficient (Wildman–Crippen LogP) is 3.90. The van der Waals surface area contributed by atoms with Crippen LogP contribution in [0.2, 0.25) is 0 Å². The Morgan fingerprint density at radius 1 is 1.03 bits per heavy atom. The lowest BCUT2D eigenvalue weighted by atomic mass is 9.93. The molecule has 164 valence electrons. The maximum absolute atomic E-state index is 9.68. The number of nitrogens with one attached hydrogen (secondary N) is 2. The maximum Gasteiger partial charge on any atom is 0.191 e. The van der Waals surface area contributed by atoms with Gasteiger partial charge in [-0.1, -0.05) is 31.2 Å². The van der Waals surface area contributed by atoms with Crippen LogP contribution in [-0.2, 0) is 13.1 Å². The molecular formula is C23H39IN4O. The van der Waals surface area contributed by atoms with Crippen molar-refractivity contribution in [3.8, 4) is 0 Å². The highest BCUT2D eigenvalue weighted by Crippen LogP contribution is 2.19. The third kappa shape index (κ3) is 8.42. The summed E-state index contributed by atoms with van der Waals surface area (Å²) in [5.74, 6) is 1.77. The SMILES string of the molecule is CCNC(=NCc1ccc(CN2CCC(C)CC2)cc1)NC1CCC(O)CC1.I. The summed E-state index contributed by atoms with van der Waals surface area (Å²) in [6.45, 7) is 9.51. The molecular weight excluding hydrogens is 475 g/mol. The van der Waals surface area contributed by atoms with Crippen molar-refractivity contribution in [1.29, 1.82) is 0 Å². The molecule has 3 N–H and O–H groups in total. The molecule has 29 heavy (non-hydrogen) atoms. The van der Waals surface area contributed by atoms with Crippen LogP contribution in [0.3, 0.4) is 0 Å². The first-order valence-electron chi connectivity index (χ1n) is 11.2. The van der Waals surface area contributed by atoms with E-state index in [2.05, 4.69) is 53.6 Å². The Hall–Kier alpha value is -0.860. The van der Waals surface area contributed by atoms with E-state index in [1.165, 1.54) is 37.1 Å². The van der Waals surface area contributed by atoms with Crippen LogP contribution in [-0.4, -0.2) is 47.7 Å². The fourth-order valence-corrected chi connectivity index (χ4v) is 4.13. The fraction of sp³-hybridized carbons (Fsp3) is 0.696. The van der Waals surface area contributed by atoms with Crippen molar-refractivity contribution in [2.24, 2.45) is 10.9 Å². The summed E-state index contributed by atoms with van der Waals surface area (Å²) in [4.78, 5) is 7.34. The molecule has 1 saturated carbocycles. The molecule has 2 fully saturated rings. The smallest absolute Gasteiger partial charge is 0.191 e. The van der Waals surface area contributed by atoms with Gasteiger partial charge in [0.2, 0.25) is 0 Å². The molecule has 2 aliphatic rings. The van der Waals surface area contributed by atoms with Gasteiger partial charge in [0, 0.05) is 19.1 Å². The minimum atomic E-state index is -0.121. The van der Waals surface area contributed by atoms with Crippen LogP contribution in [0.4, 0.5) is 0 Å². The van der Waals surface area contributed by atoms with E-state index >= 15 is 0 Å². The number of piperidine rings is 1. The molecule has 1 heterocycles. The molecule has 0 radical (unpaired) electrons. The molecule has 3 rings (SSSR count). The van der Waals surface area contributed by atoms with Crippen molar-refractivity contribution < 1.29 is 5.11 Å². The van der Waals surface area contributed by atoms with Crippen LogP contribution < -0.4 is 10.6 Å². The Morgan fingerprint density at radius 2 is 1.66 bits per heavy atom. The van der Waals surface area contributed by atoms with E-state index in [0.717, 1.165) is 50.7 Å². The number of nitrogens with zero attached hydrogens (tertiary/aromatic N) is 2. The molecule has 0 bridgehead atoms. The number of aliphatic hydroxyl groups excluding tert-OH is 1. The standard InChI is InChI=1S/C23H38N4O.HI/c1-3-24-23(26-21-8-10-22(28)11-9-21)25-16-19-4-6-20(7-5-19)17-27-14-12-18(2)13-15-27;/h4-7,18,21-22,28H,3,8-17H2,1-2H3,(H2,24,25,26);1H. The van der Waals surface area contributed by atoms with Gasteiger partial charge < -0.3 is 15.7 Å². The van der Waals surface area contributed by atoms with Gasteiger partial charge in [-0.25, -0.2) is 4.99 Å². The number of halogens is 1. The minimum Gasteiger partial charge on any atom is -0.393 e. The lowest BCUT2D eigenvalue weighted by Gasteiger charge is -2.30. The normalized spacial score (nSPS) is 24.0. The van der Waals surface area contributed by atoms with Gasteiger partial charge in [-0.15, -0.1) is 24.0 Å². The number of guanidine groups is 1. The van der Waals surface area contributed by atoms with Gasteiger partial charge in [-0.3, -0.25) is 4.90 Å². The molecule has 1 saturated heterocycles. The second-order valence-corrected chi connectivity index (χ2v) is 8.62. The number of benzene rings is 1. The lowest BCUT2D eigenvalue weighted by molar-refractivity contribution is 0.120.